The highest BCUT2D eigenvalue weighted by molar-refractivity contribution is 6.32. The third-order valence-electron chi connectivity index (χ3n) is 3.89. The monoisotopic (exact) mass is 378 g/mol. The highest BCUT2D eigenvalue weighted by Gasteiger charge is 2.11. The van der Waals surface area contributed by atoms with Gasteiger partial charge in [-0.1, -0.05) is 23.7 Å². The summed E-state index contributed by atoms with van der Waals surface area (Å²) in [6, 6.07) is 16.5. The molecule has 0 bridgehead atoms. The molecule has 134 valence electrons. The van der Waals surface area contributed by atoms with Crippen LogP contribution < -0.4 is 14.8 Å². The Morgan fingerprint density at radius 3 is 2.63 bits per heavy atom. The van der Waals surface area contributed by atoms with Crippen LogP contribution in [0, 0.1) is 0 Å². The van der Waals surface area contributed by atoms with Crippen LogP contribution in [-0.2, 0) is 0 Å². The van der Waals surface area contributed by atoms with E-state index in [0.717, 1.165) is 16.6 Å². The van der Waals surface area contributed by atoms with E-state index in [2.05, 4.69) is 20.3 Å². The van der Waals surface area contributed by atoms with Crippen LogP contribution in [-0.4, -0.2) is 22.1 Å². The normalized spacial score (nSPS) is 10.6. The van der Waals surface area contributed by atoms with Crippen LogP contribution in [0.15, 0.2) is 67.1 Å². The topological polar surface area (TPSA) is 69.2 Å². The highest BCUT2D eigenvalue weighted by atomic mass is 35.5. The van der Waals surface area contributed by atoms with E-state index in [4.69, 9.17) is 21.1 Å². The molecule has 0 saturated heterocycles. The number of pyridine rings is 1. The number of ether oxygens (including phenoxy) is 2. The third kappa shape index (κ3) is 3.61. The van der Waals surface area contributed by atoms with Crippen molar-refractivity contribution in [1.29, 1.82) is 0 Å². The van der Waals surface area contributed by atoms with E-state index in [1.807, 2.05) is 36.4 Å². The fourth-order valence-electron chi connectivity index (χ4n) is 2.66. The number of anilines is 2. The molecular weight excluding hydrogens is 364 g/mol. The second-order valence-corrected chi connectivity index (χ2v) is 6.02. The number of hydrogen-bond acceptors (Lipinski definition) is 6. The molecule has 6 nitrogen and oxygen atoms in total. The average Bonchev–Trinajstić information content (AvgIpc) is 2.70. The summed E-state index contributed by atoms with van der Waals surface area (Å²) in [7, 11) is 1.62. The zero-order valence-corrected chi connectivity index (χ0v) is 15.1. The number of aromatic nitrogens is 3. The second-order valence-electron chi connectivity index (χ2n) is 5.62. The summed E-state index contributed by atoms with van der Waals surface area (Å²) in [6.07, 6.45) is 3.16. The average molecular weight is 379 g/mol. The van der Waals surface area contributed by atoms with Gasteiger partial charge < -0.3 is 14.8 Å². The summed E-state index contributed by atoms with van der Waals surface area (Å²) in [5.74, 6) is 2.32. The van der Waals surface area contributed by atoms with Crippen molar-refractivity contribution in [2.24, 2.45) is 0 Å². The van der Waals surface area contributed by atoms with Crippen molar-refractivity contribution in [1.82, 2.24) is 15.0 Å². The molecular formula is C20H15ClN4O2. The molecule has 1 N–H and O–H groups in total. The van der Waals surface area contributed by atoms with E-state index >= 15 is 0 Å². The first-order valence-electron chi connectivity index (χ1n) is 8.18. The summed E-state index contributed by atoms with van der Waals surface area (Å²) >= 11 is 6.37. The quantitative estimate of drug-likeness (QED) is 0.513. The Morgan fingerprint density at radius 2 is 1.85 bits per heavy atom. The Morgan fingerprint density at radius 1 is 0.926 bits per heavy atom. The van der Waals surface area contributed by atoms with Crippen LogP contribution in [0.5, 0.6) is 17.4 Å². The second kappa shape index (κ2) is 7.47. The summed E-state index contributed by atoms with van der Waals surface area (Å²) in [4.78, 5) is 12.8. The van der Waals surface area contributed by atoms with Crippen molar-refractivity contribution in [2.45, 2.75) is 0 Å². The van der Waals surface area contributed by atoms with Gasteiger partial charge in [0.25, 0.3) is 0 Å². The van der Waals surface area contributed by atoms with Crippen LogP contribution in [0.1, 0.15) is 0 Å². The summed E-state index contributed by atoms with van der Waals surface area (Å²) in [5.41, 5.74) is 1.55. The van der Waals surface area contributed by atoms with Crippen LogP contribution in [0.25, 0.3) is 10.9 Å². The van der Waals surface area contributed by atoms with Crippen molar-refractivity contribution in [3.8, 4) is 17.4 Å². The molecule has 7 heteroatoms. The van der Waals surface area contributed by atoms with Gasteiger partial charge in [0, 0.05) is 18.0 Å². The van der Waals surface area contributed by atoms with Crippen molar-refractivity contribution < 1.29 is 9.47 Å². The van der Waals surface area contributed by atoms with Crippen molar-refractivity contribution >= 4 is 34.0 Å². The largest absolute Gasteiger partial charge is 0.496 e. The Kier molecular flexibility index (Phi) is 4.72. The first-order valence-corrected chi connectivity index (χ1v) is 8.55. The molecule has 2 heterocycles. The number of hydrogen-bond donors (Lipinski definition) is 1. The van der Waals surface area contributed by atoms with Gasteiger partial charge in [0.1, 0.15) is 23.6 Å². The molecule has 0 saturated carbocycles. The fraction of sp³-hybridized carbons (Fsp3) is 0.0500. The Hall–Kier alpha value is -3.38. The first kappa shape index (κ1) is 17.1. The minimum absolute atomic E-state index is 0.455. The lowest BCUT2D eigenvalue weighted by Crippen LogP contribution is -1.98. The van der Waals surface area contributed by atoms with E-state index in [1.165, 1.54) is 6.33 Å². The van der Waals surface area contributed by atoms with Crippen LogP contribution >= 0.6 is 11.6 Å². The maximum absolute atomic E-state index is 6.37. The van der Waals surface area contributed by atoms with E-state index < -0.39 is 0 Å². The van der Waals surface area contributed by atoms with Gasteiger partial charge in [-0.05, 0) is 36.4 Å². The molecule has 0 amide bonds. The van der Waals surface area contributed by atoms with Gasteiger partial charge in [-0.3, -0.25) is 0 Å². The van der Waals surface area contributed by atoms with Gasteiger partial charge in [0.05, 0.1) is 23.0 Å². The Balaban J connectivity index is 1.64. The maximum Gasteiger partial charge on any atom is 0.219 e. The van der Waals surface area contributed by atoms with Gasteiger partial charge in [-0.25, -0.2) is 15.0 Å². The molecule has 0 aliphatic carbocycles. The SMILES string of the molecule is COc1cccc2ncnc(Nc3ccc(Oc4ccccn4)c(Cl)c3)c12. The molecule has 2 aromatic carbocycles. The minimum Gasteiger partial charge on any atom is -0.496 e. The number of fused-ring (bicyclic) bond motifs is 1. The first-order chi connectivity index (χ1) is 13.2. The van der Waals surface area contributed by atoms with Crippen molar-refractivity contribution in [2.75, 3.05) is 12.4 Å². The molecule has 27 heavy (non-hydrogen) atoms. The minimum atomic E-state index is 0.455. The number of rotatable bonds is 5. The standard InChI is InChI=1S/C20H15ClN4O2/c1-26-17-6-4-5-15-19(17)20(24-12-23-15)25-13-8-9-16(14(21)11-13)27-18-7-2-3-10-22-18/h2-12H,1H3,(H,23,24,25). The summed E-state index contributed by atoms with van der Waals surface area (Å²) < 4.78 is 11.1. The summed E-state index contributed by atoms with van der Waals surface area (Å²) in [6.45, 7) is 0. The lowest BCUT2D eigenvalue weighted by molar-refractivity contribution is 0.420. The zero-order valence-electron chi connectivity index (χ0n) is 14.4. The van der Waals surface area contributed by atoms with E-state index in [-0.39, 0.29) is 0 Å². The van der Waals surface area contributed by atoms with Gasteiger partial charge in [0.15, 0.2) is 0 Å². The number of nitrogens with zero attached hydrogens (tertiary/aromatic N) is 3. The molecule has 0 radical (unpaired) electrons. The number of methoxy groups -OCH3 is 1. The smallest absolute Gasteiger partial charge is 0.219 e. The van der Waals surface area contributed by atoms with E-state index in [9.17, 15) is 0 Å². The Labute approximate surface area is 160 Å². The van der Waals surface area contributed by atoms with Gasteiger partial charge in [0.2, 0.25) is 5.88 Å². The predicted molar refractivity (Wildman–Crippen MR) is 105 cm³/mol. The number of nitrogens with one attached hydrogen (secondary N) is 1. The van der Waals surface area contributed by atoms with Crippen molar-refractivity contribution in [3.63, 3.8) is 0 Å². The van der Waals surface area contributed by atoms with Gasteiger partial charge in [-0.2, -0.15) is 0 Å². The molecule has 2 aromatic heterocycles. The van der Waals surface area contributed by atoms with Gasteiger partial charge >= 0.3 is 0 Å². The lowest BCUT2D eigenvalue weighted by Gasteiger charge is -2.12. The third-order valence-corrected chi connectivity index (χ3v) is 4.19. The molecule has 0 aliphatic rings. The molecule has 0 fully saturated rings. The van der Waals surface area contributed by atoms with Crippen LogP contribution in [0.2, 0.25) is 5.02 Å². The lowest BCUT2D eigenvalue weighted by atomic mass is 10.2. The Bertz CT molecular complexity index is 1080. The zero-order chi connectivity index (χ0) is 18.6. The predicted octanol–water partition coefficient (Wildman–Crippen LogP) is 5.22. The maximum atomic E-state index is 6.37. The fourth-order valence-corrected chi connectivity index (χ4v) is 2.88. The van der Waals surface area contributed by atoms with Gasteiger partial charge in [-0.15, -0.1) is 0 Å². The highest BCUT2D eigenvalue weighted by Crippen LogP contribution is 2.34. The van der Waals surface area contributed by atoms with Crippen LogP contribution in [0.3, 0.4) is 0 Å². The molecule has 4 rings (SSSR count). The van der Waals surface area contributed by atoms with E-state index in [0.29, 0.717) is 28.2 Å². The molecule has 0 aliphatic heterocycles. The molecule has 0 unspecified atom stereocenters. The molecule has 0 spiro atoms. The molecule has 4 aromatic rings. The number of benzene rings is 2. The number of halogens is 1. The van der Waals surface area contributed by atoms with E-state index in [1.54, 1.807) is 31.5 Å². The van der Waals surface area contributed by atoms with Crippen molar-refractivity contribution in [3.05, 3.63) is 72.1 Å². The molecule has 0 atom stereocenters. The summed E-state index contributed by atoms with van der Waals surface area (Å²) in [5, 5.41) is 4.52. The van der Waals surface area contributed by atoms with Crippen LogP contribution in [0.4, 0.5) is 11.5 Å².